The van der Waals surface area contributed by atoms with Gasteiger partial charge in [0.05, 0.1) is 0 Å². The Bertz CT molecular complexity index is 463. The molecule has 1 rings (SSSR count). The lowest BCUT2D eigenvalue weighted by molar-refractivity contribution is 0.0688. The molecule has 0 fully saturated rings. The van der Waals surface area contributed by atoms with Crippen molar-refractivity contribution in [2.45, 2.75) is 19.4 Å². The Morgan fingerprint density at radius 1 is 1.69 bits per heavy atom. The first kappa shape index (κ1) is 12.0. The zero-order valence-electron chi connectivity index (χ0n) is 8.82. The molecule has 1 N–H and O–H groups in total. The molecule has 5 heteroatoms. The molecule has 4 nitrogen and oxygen atoms in total. The van der Waals surface area contributed by atoms with Crippen molar-refractivity contribution in [3.05, 3.63) is 23.6 Å². The highest BCUT2D eigenvalue weighted by molar-refractivity contribution is 5.88. The average Bonchev–Trinajstić information content (AvgIpc) is 2.20. The van der Waals surface area contributed by atoms with Gasteiger partial charge in [0.2, 0.25) is 0 Å². The number of pyridine rings is 1. The number of aromatic carboxylic acids is 1. The minimum absolute atomic E-state index is 0.414. The Balaban J connectivity index is 3.13. The van der Waals surface area contributed by atoms with Crippen LogP contribution >= 0.6 is 0 Å². The quantitative estimate of drug-likeness (QED) is 0.792. The molecule has 1 heterocycles. The van der Waals surface area contributed by atoms with Crippen LogP contribution in [0.2, 0.25) is 0 Å². The summed E-state index contributed by atoms with van der Waals surface area (Å²) in [6.45, 7) is 3.09. The van der Waals surface area contributed by atoms with Crippen molar-refractivity contribution < 1.29 is 19.0 Å². The van der Waals surface area contributed by atoms with E-state index in [4.69, 9.17) is 16.3 Å². The van der Waals surface area contributed by atoms with Crippen LogP contribution < -0.4 is 4.74 Å². The van der Waals surface area contributed by atoms with Crippen LogP contribution in [0.25, 0.3) is 0 Å². The molecule has 0 saturated carbocycles. The fourth-order valence-corrected chi connectivity index (χ4v) is 0.932. The standard InChI is InChI=1S/C11H10FNO3/c1-4-11(2,3)16-9-8(12)7(10(14)15)5-6-13-9/h1,5-6H,2-3H3,(H,14,15). The second-order valence-electron chi connectivity index (χ2n) is 3.54. The number of hydrogen-bond donors (Lipinski definition) is 1. The van der Waals surface area contributed by atoms with E-state index in [1.807, 2.05) is 0 Å². The van der Waals surface area contributed by atoms with Crippen LogP contribution in [0.5, 0.6) is 5.88 Å². The van der Waals surface area contributed by atoms with Gasteiger partial charge in [0.1, 0.15) is 5.56 Å². The highest BCUT2D eigenvalue weighted by Gasteiger charge is 2.22. The summed E-state index contributed by atoms with van der Waals surface area (Å²) in [5.74, 6) is -0.540. The molecule has 0 bridgehead atoms. The van der Waals surface area contributed by atoms with Crippen molar-refractivity contribution in [2.75, 3.05) is 0 Å². The molecular formula is C11H10FNO3. The van der Waals surface area contributed by atoms with E-state index < -0.39 is 28.8 Å². The zero-order valence-corrected chi connectivity index (χ0v) is 8.82. The zero-order chi connectivity index (χ0) is 12.3. The van der Waals surface area contributed by atoms with Crippen molar-refractivity contribution in [3.8, 4) is 18.2 Å². The van der Waals surface area contributed by atoms with Gasteiger partial charge in [-0.3, -0.25) is 0 Å². The van der Waals surface area contributed by atoms with Crippen LogP contribution in [0.3, 0.4) is 0 Å². The number of halogens is 1. The van der Waals surface area contributed by atoms with E-state index in [1.165, 1.54) is 0 Å². The molecule has 0 aliphatic heterocycles. The monoisotopic (exact) mass is 223 g/mol. The molecule has 84 valence electrons. The first-order valence-corrected chi connectivity index (χ1v) is 4.42. The minimum Gasteiger partial charge on any atom is -0.478 e. The molecule has 1 aromatic heterocycles. The Kier molecular flexibility index (Phi) is 3.14. The lowest BCUT2D eigenvalue weighted by Gasteiger charge is -2.19. The van der Waals surface area contributed by atoms with Gasteiger partial charge >= 0.3 is 5.97 Å². The van der Waals surface area contributed by atoms with Crippen molar-refractivity contribution in [2.24, 2.45) is 0 Å². The Hall–Kier alpha value is -2.09. The summed E-state index contributed by atoms with van der Waals surface area (Å²) in [6.07, 6.45) is 6.31. The first-order valence-electron chi connectivity index (χ1n) is 4.42. The van der Waals surface area contributed by atoms with E-state index in [0.717, 1.165) is 12.3 Å². The number of aromatic nitrogens is 1. The highest BCUT2D eigenvalue weighted by atomic mass is 19.1. The summed E-state index contributed by atoms with van der Waals surface area (Å²) >= 11 is 0. The van der Waals surface area contributed by atoms with E-state index in [-0.39, 0.29) is 0 Å². The predicted octanol–water partition coefficient (Wildman–Crippen LogP) is 1.71. The third-order valence-corrected chi connectivity index (χ3v) is 1.79. The molecule has 0 radical (unpaired) electrons. The van der Waals surface area contributed by atoms with Gasteiger partial charge in [0, 0.05) is 6.20 Å². The van der Waals surface area contributed by atoms with Crippen LogP contribution in [0, 0.1) is 18.2 Å². The Morgan fingerprint density at radius 2 is 2.31 bits per heavy atom. The largest absolute Gasteiger partial charge is 0.478 e. The van der Waals surface area contributed by atoms with Crippen LogP contribution in [0.15, 0.2) is 12.3 Å². The molecule has 0 atom stereocenters. The van der Waals surface area contributed by atoms with Gasteiger partial charge in [-0.1, -0.05) is 5.92 Å². The van der Waals surface area contributed by atoms with E-state index in [2.05, 4.69) is 10.9 Å². The summed E-state index contributed by atoms with van der Waals surface area (Å²) < 4.78 is 18.6. The second-order valence-corrected chi connectivity index (χ2v) is 3.54. The van der Waals surface area contributed by atoms with E-state index in [9.17, 15) is 9.18 Å². The molecule has 0 aliphatic carbocycles. The van der Waals surface area contributed by atoms with E-state index in [1.54, 1.807) is 13.8 Å². The van der Waals surface area contributed by atoms with E-state index in [0.29, 0.717) is 0 Å². The third-order valence-electron chi connectivity index (χ3n) is 1.79. The van der Waals surface area contributed by atoms with Gasteiger partial charge < -0.3 is 9.84 Å². The Morgan fingerprint density at radius 3 is 2.81 bits per heavy atom. The summed E-state index contributed by atoms with van der Waals surface area (Å²) in [6, 6.07) is 1.05. The molecule has 0 aromatic carbocycles. The maximum Gasteiger partial charge on any atom is 0.338 e. The van der Waals surface area contributed by atoms with Gasteiger partial charge in [0.25, 0.3) is 5.88 Å². The van der Waals surface area contributed by atoms with Gasteiger partial charge in [-0.25, -0.2) is 14.2 Å². The maximum absolute atomic E-state index is 13.6. The number of rotatable bonds is 3. The smallest absolute Gasteiger partial charge is 0.338 e. The molecule has 0 unspecified atom stereocenters. The van der Waals surface area contributed by atoms with E-state index >= 15 is 0 Å². The van der Waals surface area contributed by atoms with Gasteiger partial charge in [-0.2, -0.15) is 0 Å². The van der Waals surface area contributed by atoms with Crippen molar-refractivity contribution in [1.82, 2.24) is 4.98 Å². The SMILES string of the molecule is C#CC(C)(C)Oc1nccc(C(=O)O)c1F. The number of carboxylic acids is 1. The van der Waals surface area contributed by atoms with Crippen molar-refractivity contribution in [3.63, 3.8) is 0 Å². The number of hydrogen-bond acceptors (Lipinski definition) is 3. The van der Waals surface area contributed by atoms with Crippen LogP contribution in [-0.2, 0) is 0 Å². The summed E-state index contributed by atoms with van der Waals surface area (Å²) in [5.41, 5.74) is -1.55. The fourth-order valence-electron chi connectivity index (χ4n) is 0.932. The molecule has 0 amide bonds. The lowest BCUT2D eigenvalue weighted by Crippen LogP contribution is -2.27. The average molecular weight is 223 g/mol. The normalized spacial score (nSPS) is 10.6. The molecule has 0 saturated heterocycles. The van der Waals surface area contributed by atoms with Crippen LogP contribution in [-0.4, -0.2) is 21.7 Å². The molecule has 0 aliphatic rings. The molecule has 16 heavy (non-hydrogen) atoms. The van der Waals surface area contributed by atoms with Gasteiger partial charge in [0.15, 0.2) is 11.4 Å². The number of carboxylic acid groups (broad SMARTS) is 1. The topological polar surface area (TPSA) is 59.4 Å². The van der Waals surface area contributed by atoms with Gasteiger partial charge in [-0.15, -0.1) is 6.42 Å². The molecular weight excluding hydrogens is 213 g/mol. The molecule has 1 aromatic rings. The minimum atomic E-state index is -1.39. The third kappa shape index (κ3) is 2.48. The number of terminal acetylenes is 1. The van der Waals surface area contributed by atoms with Gasteiger partial charge in [-0.05, 0) is 19.9 Å². The molecule has 0 spiro atoms. The first-order chi connectivity index (χ1) is 7.37. The number of carbonyl (C=O) groups is 1. The van der Waals surface area contributed by atoms with Crippen LogP contribution in [0.4, 0.5) is 4.39 Å². The van der Waals surface area contributed by atoms with Crippen molar-refractivity contribution >= 4 is 5.97 Å². The number of ether oxygens (including phenoxy) is 1. The highest BCUT2D eigenvalue weighted by Crippen LogP contribution is 2.21. The second kappa shape index (κ2) is 4.19. The fraction of sp³-hybridized carbons (Fsp3) is 0.273. The predicted molar refractivity (Wildman–Crippen MR) is 54.7 cm³/mol. The summed E-state index contributed by atoms with van der Waals surface area (Å²) in [7, 11) is 0. The van der Waals surface area contributed by atoms with Crippen molar-refractivity contribution in [1.29, 1.82) is 0 Å². The lowest BCUT2D eigenvalue weighted by atomic mass is 10.1. The van der Waals surface area contributed by atoms with Crippen LogP contribution in [0.1, 0.15) is 24.2 Å². The Labute approximate surface area is 92.1 Å². The maximum atomic E-state index is 13.6. The summed E-state index contributed by atoms with van der Waals surface area (Å²) in [4.78, 5) is 14.2. The number of nitrogens with zero attached hydrogens (tertiary/aromatic N) is 1. The summed E-state index contributed by atoms with van der Waals surface area (Å²) in [5, 5.41) is 8.68.